The number of carbonyl (C=O) groups excluding carboxylic acids is 1. The van der Waals surface area contributed by atoms with Crippen molar-refractivity contribution in [1.29, 1.82) is 0 Å². The molecule has 6 nitrogen and oxygen atoms in total. The summed E-state index contributed by atoms with van der Waals surface area (Å²) in [5, 5.41) is 0. The van der Waals surface area contributed by atoms with Gasteiger partial charge in [0.15, 0.2) is 0 Å². The molecule has 0 spiro atoms. The molecule has 1 atom stereocenters. The van der Waals surface area contributed by atoms with E-state index in [1.165, 1.54) is 0 Å². The molecular weight excluding hydrogens is 278 g/mol. The number of amides is 1. The summed E-state index contributed by atoms with van der Waals surface area (Å²) in [4.78, 5) is 25.4. The highest BCUT2D eigenvalue weighted by Gasteiger charge is 2.32. The number of hydrogen-bond donors (Lipinski definition) is 0. The van der Waals surface area contributed by atoms with E-state index in [-0.39, 0.29) is 11.9 Å². The van der Waals surface area contributed by atoms with Crippen molar-refractivity contribution >= 4 is 5.91 Å². The maximum Gasteiger partial charge on any atom is 0.254 e. The summed E-state index contributed by atoms with van der Waals surface area (Å²) < 4.78 is 2.04. The minimum Gasteiger partial charge on any atom is -0.337 e. The Bertz CT molecular complexity index is 639. The van der Waals surface area contributed by atoms with E-state index in [4.69, 9.17) is 0 Å². The van der Waals surface area contributed by atoms with E-state index in [1.54, 1.807) is 24.5 Å². The van der Waals surface area contributed by atoms with E-state index in [0.717, 1.165) is 25.5 Å². The minimum atomic E-state index is 0.0670. The lowest BCUT2D eigenvalue weighted by Gasteiger charge is -2.40. The predicted molar refractivity (Wildman–Crippen MR) is 83.3 cm³/mol. The van der Waals surface area contributed by atoms with E-state index in [2.05, 4.69) is 21.8 Å². The van der Waals surface area contributed by atoms with Crippen LogP contribution in [0.3, 0.4) is 0 Å². The fourth-order valence-corrected chi connectivity index (χ4v) is 3.00. The van der Waals surface area contributed by atoms with Gasteiger partial charge in [0, 0.05) is 57.0 Å². The minimum absolute atomic E-state index is 0.0670. The van der Waals surface area contributed by atoms with Gasteiger partial charge in [0.1, 0.15) is 5.82 Å². The van der Waals surface area contributed by atoms with Gasteiger partial charge in [-0.05, 0) is 18.7 Å². The van der Waals surface area contributed by atoms with Crippen LogP contribution in [-0.2, 0) is 7.05 Å². The van der Waals surface area contributed by atoms with E-state index in [0.29, 0.717) is 12.1 Å². The molecule has 1 saturated heterocycles. The normalized spacial score (nSPS) is 19.4. The Balaban J connectivity index is 1.82. The second kappa shape index (κ2) is 6.27. The van der Waals surface area contributed by atoms with Crippen molar-refractivity contribution in [2.24, 2.45) is 7.05 Å². The number of piperazine rings is 1. The third-order valence-corrected chi connectivity index (χ3v) is 4.27. The molecule has 0 N–H and O–H groups in total. The van der Waals surface area contributed by atoms with Crippen molar-refractivity contribution in [2.75, 3.05) is 26.2 Å². The molecule has 1 aliphatic heterocycles. The van der Waals surface area contributed by atoms with Crippen LogP contribution in [-0.4, -0.2) is 56.4 Å². The van der Waals surface area contributed by atoms with Gasteiger partial charge >= 0.3 is 0 Å². The molecule has 3 rings (SSSR count). The zero-order valence-electron chi connectivity index (χ0n) is 13.0. The molecule has 0 radical (unpaired) electrons. The number of pyridine rings is 1. The zero-order valence-corrected chi connectivity index (χ0v) is 13.0. The summed E-state index contributed by atoms with van der Waals surface area (Å²) in [6, 6.07) is 3.68. The maximum absolute atomic E-state index is 12.6. The van der Waals surface area contributed by atoms with Crippen LogP contribution in [0.2, 0.25) is 0 Å². The fraction of sp³-hybridized carbons (Fsp3) is 0.438. The van der Waals surface area contributed by atoms with Crippen molar-refractivity contribution in [3.05, 3.63) is 48.3 Å². The number of carbonyl (C=O) groups is 1. The van der Waals surface area contributed by atoms with E-state index < -0.39 is 0 Å². The van der Waals surface area contributed by atoms with Crippen molar-refractivity contribution in [3.8, 4) is 0 Å². The second-order valence-corrected chi connectivity index (χ2v) is 5.53. The third kappa shape index (κ3) is 2.74. The molecule has 1 amide bonds. The molecule has 3 heterocycles. The highest BCUT2D eigenvalue weighted by Crippen LogP contribution is 2.24. The molecule has 1 aliphatic rings. The molecule has 0 aromatic carbocycles. The summed E-state index contributed by atoms with van der Waals surface area (Å²) in [5.74, 6) is 1.08. The monoisotopic (exact) mass is 299 g/mol. The number of nitrogens with zero attached hydrogens (tertiary/aromatic N) is 5. The van der Waals surface area contributed by atoms with Crippen molar-refractivity contribution in [1.82, 2.24) is 24.3 Å². The smallest absolute Gasteiger partial charge is 0.254 e. The third-order valence-electron chi connectivity index (χ3n) is 4.27. The molecule has 2 aromatic rings. The lowest BCUT2D eigenvalue weighted by molar-refractivity contribution is 0.0472. The topological polar surface area (TPSA) is 54.3 Å². The summed E-state index contributed by atoms with van der Waals surface area (Å²) >= 11 is 0. The van der Waals surface area contributed by atoms with E-state index in [1.807, 2.05) is 28.9 Å². The second-order valence-electron chi connectivity index (χ2n) is 5.53. The van der Waals surface area contributed by atoms with Gasteiger partial charge in [0.2, 0.25) is 0 Å². The van der Waals surface area contributed by atoms with Gasteiger partial charge in [0.05, 0.1) is 6.04 Å². The molecule has 0 bridgehead atoms. The quantitative estimate of drug-likeness (QED) is 0.858. The van der Waals surface area contributed by atoms with Gasteiger partial charge in [0.25, 0.3) is 5.91 Å². The Morgan fingerprint density at radius 2 is 2.05 bits per heavy atom. The molecule has 1 fully saturated rings. The SMILES string of the molecule is CCN1CCN(C(=O)c2ccncc2)CC1c1nccn1C. The Labute approximate surface area is 130 Å². The van der Waals surface area contributed by atoms with Crippen LogP contribution in [0.25, 0.3) is 0 Å². The number of imidazole rings is 1. The predicted octanol–water partition coefficient (Wildman–Crippen LogP) is 1.33. The van der Waals surface area contributed by atoms with Gasteiger partial charge in [-0.15, -0.1) is 0 Å². The van der Waals surface area contributed by atoms with Crippen LogP contribution in [0.4, 0.5) is 0 Å². The Morgan fingerprint density at radius 3 is 2.68 bits per heavy atom. The summed E-state index contributed by atoms with van der Waals surface area (Å²) in [6.45, 7) is 5.38. The average molecular weight is 299 g/mol. The molecule has 0 aliphatic carbocycles. The summed E-state index contributed by atoms with van der Waals surface area (Å²) in [6.07, 6.45) is 7.08. The lowest BCUT2D eigenvalue weighted by atomic mass is 10.1. The van der Waals surface area contributed by atoms with Crippen molar-refractivity contribution in [2.45, 2.75) is 13.0 Å². The summed E-state index contributed by atoms with van der Waals surface area (Å²) in [7, 11) is 2.00. The first-order valence-corrected chi connectivity index (χ1v) is 7.61. The first-order valence-electron chi connectivity index (χ1n) is 7.61. The van der Waals surface area contributed by atoms with Crippen LogP contribution in [0.5, 0.6) is 0 Å². The standard InChI is InChI=1S/C16H21N5O/c1-3-20-10-11-21(16(22)13-4-6-17-7-5-13)12-14(20)15-18-8-9-19(15)2/h4-9,14H,3,10-12H2,1-2H3. The fourth-order valence-electron chi connectivity index (χ4n) is 3.00. The van der Waals surface area contributed by atoms with Crippen LogP contribution in [0.1, 0.15) is 29.1 Å². The zero-order chi connectivity index (χ0) is 15.5. The maximum atomic E-state index is 12.6. The summed E-state index contributed by atoms with van der Waals surface area (Å²) in [5.41, 5.74) is 0.693. The van der Waals surface area contributed by atoms with Gasteiger partial charge < -0.3 is 9.47 Å². The number of likely N-dealkylation sites (N-methyl/N-ethyl adjacent to an activating group) is 1. The number of rotatable bonds is 3. The molecule has 0 saturated carbocycles. The van der Waals surface area contributed by atoms with Gasteiger partial charge in [-0.25, -0.2) is 4.98 Å². The van der Waals surface area contributed by atoms with E-state index in [9.17, 15) is 4.79 Å². The van der Waals surface area contributed by atoms with Gasteiger partial charge in [-0.1, -0.05) is 6.92 Å². The number of hydrogen-bond acceptors (Lipinski definition) is 4. The molecular formula is C16H21N5O. The van der Waals surface area contributed by atoms with Crippen LogP contribution in [0, 0.1) is 0 Å². The van der Waals surface area contributed by atoms with Crippen LogP contribution < -0.4 is 0 Å². The Kier molecular flexibility index (Phi) is 4.20. The largest absolute Gasteiger partial charge is 0.337 e. The molecule has 22 heavy (non-hydrogen) atoms. The Hall–Kier alpha value is -2.21. The van der Waals surface area contributed by atoms with E-state index >= 15 is 0 Å². The molecule has 6 heteroatoms. The highest BCUT2D eigenvalue weighted by atomic mass is 16.2. The average Bonchev–Trinajstić information content (AvgIpc) is 3.00. The molecule has 116 valence electrons. The van der Waals surface area contributed by atoms with Crippen molar-refractivity contribution in [3.63, 3.8) is 0 Å². The van der Waals surface area contributed by atoms with Crippen LogP contribution >= 0.6 is 0 Å². The number of aryl methyl sites for hydroxylation is 1. The Morgan fingerprint density at radius 1 is 1.27 bits per heavy atom. The molecule has 1 unspecified atom stereocenters. The molecule has 2 aromatic heterocycles. The van der Waals surface area contributed by atoms with Gasteiger partial charge in [-0.2, -0.15) is 0 Å². The first kappa shape index (κ1) is 14.7. The lowest BCUT2D eigenvalue weighted by Crippen LogP contribution is -2.50. The van der Waals surface area contributed by atoms with Crippen LogP contribution in [0.15, 0.2) is 36.9 Å². The number of aromatic nitrogens is 3. The van der Waals surface area contributed by atoms with Crippen molar-refractivity contribution < 1.29 is 4.79 Å². The highest BCUT2D eigenvalue weighted by molar-refractivity contribution is 5.94. The van der Waals surface area contributed by atoms with Gasteiger partial charge in [-0.3, -0.25) is 14.7 Å². The first-order chi connectivity index (χ1) is 10.7.